The molecular weight excluding hydrogens is 564 g/mol. The van der Waals surface area contributed by atoms with E-state index in [4.69, 9.17) is 9.57 Å². The minimum Gasteiger partial charge on any atom is -0.497 e. The van der Waals surface area contributed by atoms with Crippen LogP contribution in [0.2, 0.25) is 0 Å². The van der Waals surface area contributed by atoms with E-state index in [-0.39, 0.29) is 47.6 Å². The summed E-state index contributed by atoms with van der Waals surface area (Å²) in [7, 11) is 1.29. The molecule has 3 aliphatic rings. The molecule has 2 aliphatic heterocycles. The Labute approximate surface area is 237 Å². The molecule has 1 unspecified atom stereocenters. The number of hydroxylamine groups is 1. The number of nitrogens with zero attached hydrogens (tertiary/aromatic N) is 4. The molecule has 0 spiro atoms. The predicted molar refractivity (Wildman–Crippen MR) is 140 cm³/mol. The number of carbonyl (C=O) groups excluding carboxylic acids is 4. The van der Waals surface area contributed by atoms with Crippen molar-refractivity contribution in [2.24, 2.45) is 5.10 Å². The molecule has 1 aliphatic carbocycles. The van der Waals surface area contributed by atoms with E-state index in [1.54, 1.807) is 4.90 Å². The van der Waals surface area contributed by atoms with E-state index in [1.807, 2.05) is 0 Å². The van der Waals surface area contributed by atoms with Crippen molar-refractivity contribution in [3.8, 4) is 5.75 Å². The lowest BCUT2D eigenvalue weighted by molar-refractivity contribution is -0.237. The molecule has 0 aromatic heterocycles. The van der Waals surface area contributed by atoms with Crippen molar-refractivity contribution in [1.29, 1.82) is 0 Å². The van der Waals surface area contributed by atoms with Crippen molar-refractivity contribution in [2.75, 3.05) is 26.7 Å². The summed E-state index contributed by atoms with van der Waals surface area (Å²) in [4.78, 5) is 58.6. The summed E-state index contributed by atoms with van der Waals surface area (Å²) in [6.07, 6.45) is -0.815. The van der Waals surface area contributed by atoms with Crippen LogP contribution in [0.4, 0.5) is 23.2 Å². The van der Waals surface area contributed by atoms with Gasteiger partial charge in [-0.3, -0.25) is 14.4 Å². The molecule has 2 aromatic rings. The van der Waals surface area contributed by atoms with E-state index in [9.17, 15) is 36.7 Å². The summed E-state index contributed by atoms with van der Waals surface area (Å²) in [6, 6.07) is 7.29. The number of Topliss-reactive ketones (excluding diaryl/α,β-unsaturated/α-hetero) is 1. The molecule has 2 amide bonds. The third kappa shape index (κ3) is 5.58. The normalized spacial score (nSPS) is 21.0. The maximum atomic E-state index is 15.0. The van der Waals surface area contributed by atoms with E-state index < -0.39 is 46.5 Å². The third-order valence-electron chi connectivity index (χ3n) is 7.64. The Hall–Kier alpha value is -4.33. The van der Waals surface area contributed by atoms with Crippen molar-refractivity contribution in [1.82, 2.24) is 14.6 Å². The average Bonchev–Trinajstić information content (AvgIpc) is 3.50. The van der Waals surface area contributed by atoms with Crippen molar-refractivity contribution in [2.45, 2.75) is 44.4 Å². The Morgan fingerprint density at radius 2 is 1.81 bits per heavy atom. The Morgan fingerprint density at radius 1 is 1.07 bits per heavy atom. The lowest BCUT2D eigenvalue weighted by Gasteiger charge is -2.38. The molecule has 222 valence electrons. The molecular formula is C28H27F4N4O6+. The highest BCUT2D eigenvalue weighted by Crippen LogP contribution is 2.38. The summed E-state index contributed by atoms with van der Waals surface area (Å²) in [5.41, 5.74) is -0.688. The number of rotatable bonds is 6. The van der Waals surface area contributed by atoms with Crippen LogP contribution in [0.5, 0.6) is 5.75 Å². The van der Waals surface area contributed by atoms with Gasteiger partial charge < -0.3 is 14.5 Å². The first-order valence-corrected chi connectivity index (χ1v) is 13.3. The summed E-state index contributed by atoms with van der Waals surface area (Å²) < 4.78 is 58.6. The van der Waals surface area contributed by atoms with Crippen LogP contribution in [0.1, 0.15) is 52.0 Å². The molecule has 42 heavy (non-hydrogen) atoms. The maximum absolute atomic E-state index is 15.0. The third-order valence-corrected chi connectivity index (χ3v) is 7.64. The monoisotopic (exact) mass is 591 g/mol. The SMILES string of the molecule is COc1ccc2c(c1)[N+](Cc1ccc(F)c(C(=O)N3CCN(C4CCCC4)C(=O)C3)c1)(OC(=O)C(F)(F)F)N=CC2=O. The Bertz CT molecular complexity index is 1470. The van der Waals surface area contributed by atoms with Gasteiger partial charge in [0.05, 0.1) is 18.2 Å². The number of benzene rings is 2. The summed E-state index contributed by atoms with van der Waals surface area (Å²) in [5, 5.41) is 3.88. The lowest BCUT2D eigenvalue weighted by atomic mass is 10.0. The zero-order chi connectivity index (χ0) is 30.2. The van der Waals surface area contributed by atoms with Gasteiger partial charge in [0.1, 0.15) is 24.3 Å². The van der Waals surface area contributed by atoms with Crippen LogP contribution in [0.3, 0.4) is 0 Å². The van der Waals surface area contributed by atoms with Gasteiger partial charge in [0.2, 0.25) is 17.4 Å². The molecule has 5 rings (SSSR count). The van der Waals surface area contributed by atoms with E-state index in [1.165, 1.54) is 36.3 Å². The van der Waals surface area contributed by atoms with Crippen LogP contribution in [0.15, 0.2) is 41.5 Å². The first-order valence-electron chi connectivity index (χ1n) is 13.3. The predicted octanol–water partition coefficient (Wildman–Crippen LogP) is 3.77. The summed E-state index contributed by atoms with van der Waals surface area (Å²) in [6.45, 7) is -0.374. The second-order valence-corrected chi connectivity index (χ2v) is 10.3. The minimum atomic E-state index is -5.40. The number of fused-ring (bicyclic) bond motifs is 1. The number of amides is 2. The van der Waals surface area contributed by atoms with Crippen LogP contribution in [0.25, 0.3) is 0 Å². The van der Waals surface area contributed by atoms with Crippen molar-refractivity contribution >= 4 is 35.5 Å². The molecule has 2 heterocycles. The zero-order valence-electron chi connectivity index (χ0n) is 22.5. The molecule has 10 nitrogen and oxygen atoms in total. The van der Waals surface area contributed by atoms with Gasteiger partial charge in [0, 0.05) is 35.5 Å². The van der Waals surface area contributed by atoms with Gasteiger partial charge in [-0.1, -0.05) is 18.9 Å². The Balaban J connectivity index is 1.47. The number of methoxy groups -OCH3 is 1. The van der Waals surface area contributed by atoms with Crippen molar-refractivity contribution in [3.63, 3.8) is 0 Å². The number of hydrogen-bond acceptors (Lipinski definition) is 7. The zero-order valence-corrected chi connectivity index (χ0v) is 22.5. The number of alkyl halides is 3. The van der Waals surface area contributed by atoms with Crippen LogP contribution < -0.4 is 9.49 Å². The molecule has 0 radical (unpaired) electrons. The molecule has 2 aromatic carbocycles. The second kappa shape index (κ2) is 11.2. The lowest BCUT2D eigenvalue weighted by Crippen LogP contribution is -2.55. The van der Waals surface area contributed by atoms with Gasteiger partial charge >= 0.3 is 12.1 Å². The number of hydrogen-bond donors (Lipinski definition) is 0. The van der Waals surface area contributed by atoms with Gasteiger partial charge in [-0.05, 0) is 42.2 Å². The number of piperazine rings is 1. The fourth-order valence-corrected chi connectivity index (χ4v) is 5.55. The fourth-order valence-electron chi connectivity index (χ4n) is 5.55. The first kappa shape index (κ1) is 29.2. The smallest absolute Gasteiger partial charge is 0.497 e. The summed E-state index contributed by atoms with van der Waals surface area (Å²) >= 11 is 0. The topological polar surface area (TPSA) is 106 Å². The van der Waals surface area contributed by atoms with Crippen LogP contribution in [-0.2, 0) is 21.0 Å². The van der Waals surface area contributed by atoms with Crippen LogP contribution in [0, 0.1) is 5.82 Å². The van der Waals surface area contributed by atoms with Gasteiger partial charge in [0.15, 0.2) is 6.54 Å². The fraction of sp³-hybridized carbons (Fsp3) is 0.393. The van der Waals surface area contributed by atoms with Crippen molar-refractivity contribution in [3.05, 3.63) is 58.9 Å². The highest BCUT2D eigenvalue weighted by molar-refractivity contribution is 6.37. The first-order chi connectivity index (χ1) is 19.9. The number of ketones is 1. The molecule has 1 saturated carbocycles. The number of halogens is 4. The quantitative estimate of drug-likeness (QED) is 0.374. The van der Waals surface area contributed by atoms with Crippen LogP contribution in [-0.4, -0.2) is 78.5 Å². The van der Waals surface area contributed by atoms with Crippen molar-refractivity contribution < 1.29 is 46.3 Å². The number of ether oxygens (including phenoxy) is 1. The van der Waals surface area contributed by atoms with Crippen LogP contribution >= 0.6 is 0 Å². The molecule has 1 atom stereocenters. The second-order valence-electron chi connectivity index (χ2n) is 10.3. The molecule has 0 N–H and O–H groups in total. The highest BCUT2D eigenvalue weighted by Gasteiger charge is 2.52. The summed E-state index contributed by atoms with van der Waals surface area (Å²) in [5.74, 6) is -5.01. The standard InChI is InChI=1S/C28H27F4N4O6/c1-41-19-7-8-20-23(13-19)36(33-14-24(20)37,42-27(40)28(30,31)32)16-17-6-9-22(29)21(12-17)26(39)34-10-11-35(25(38)15-34)18-4-2-3-5-18/h6-9,12-14,18H,2-5,10-11,15-16H2,1H3/q+1. The largest absolute Gasteiger partial charge is 0.497 e. The average molecular weight is 592 g/mol. The minimum absolute atomic E-state index is 0.0610. The van der Waals surface area contributed by atoms with Gasteiger partial charge in [-0.25, -0.2) is 14.0 Å². The molecule has 2 fully saturated rings. The van der Waals surface area contributed by atoms with Gasteiger partial charge in [-0.2, -0.15) is 13.2 Å². The van der Waals surface area contributed by atoms with E-state index in [0.717, 1.165) is 44.0 Å². The van der Waals surface area contributed by atoms with E-state index >= 15 is 0 Å². The van der Waals surface area contributed by atoms with E-state index in [0.29, 0.717) is 6.54 Å². The maximum Gasteiger partial charge on any atom is 0.497 e. The Kier molecular flexibility index (Phi) is 7.75. The Morgan fingerprint density at radius 3 is 2.48 bits per heavy atom. The number of carbonyl (C=O) groups is 4. The number of quaternary nitrogens is 1. The molecule has 14 heteroatoms. The van der Waals surface area contributed by atoms with E-state index in [2.05, 4.69) is 5.10 Å². The molecule has 0 bridgehead atoms. The highest BCUT2D eigenvalue weighted by atomic mass is 19.4. The van der Waals surface area contributed by atoms with Gasteiger partial charge in [0.25, 0.3) is 5.91 Å². The molecule has 1 saturated heterocycles. The van der Waals surface area contributed by atoms with Gasteiger partial charge in [-0.15, -0.1) is 0 Å².